The van der Waals surface area contributed by atoms with Crippen molar-refractivity contribution in [3.8, 4) is 0 Å². The van der Waals surface area contributed by atoms with Crippen molar-refractivity contribution in [1.82, 2.24) is 0 Å². The van der Waals surface area contributed by atoms with Crippen molar-refractivity contribution in [2.75, 3.05) is 0 Å². The van der Waals surface area contributed by atoms with Crippen LogP contribution in [-0.2, 0) is 0 Å². The maximum absolute atomic E-state index is 5.75. The highest BCUT2D eigenvalue weighted by Crippen LogP contribution is 2.31. The molecule has 0 atom stereocenters. The number of hydrogen-bond acceptors (Lipinski definition) is 2. The average molecular weight is 306 g/mol. The molecule has 0 spiro atoms. The van der Waals surface area contributed by atoms with Gasteiger partial charge in [0.25, 0.3) is 0 Å². The first kappa shape index (κ1) is 15.4. The smallest absolute Gasteiger partial charge is 0.229 e. The zero-order chi connectivity index (χ0) is 13.8. The Hall–Kier alpha value is -0.700. The van der Waals surface area contributed by atoms with Crippen LogP contribution in [0, 0.1) is 0 Å². The van der Waals surface area contributed by atoms with Crippen LogP contribution in [0.1, 0.15) is 19.4 Å². The molecule has 0 saturated carbocycles. The van der Waals surface area contributed by atoms with Gasteiger partial charge in [-0.1, -0.05) is 65.1 Å². The maximum Gasteiger partial charge on any atom is 0.229 e. The monoisotopic (exact) mass is 304 g/mol. The SMILES string of the molecule is CC(C)N=C(C=C(N)C(Cl)(Cl)Cl)c1ccccc1. The van der Waals surface area contributed by atoms with Gasteiger partial charge >= 0.3 is 0 Å². The van der Waals surface area contributed by atoms with E-state index < -0.39 is 3.79 Å². The third kappa shape index (κ3) is 4.89. The normalized spacial score (nSPS) is 14.1. The molecule has 0 unspecified atom stereocenters. The summed E-state index contributed by atoms with van der Waals surface area (Å²) in [6.45, 7) is 3.95. The predicted molar refractivity (Wildman–Crippen MR) is 80.7 cm³/mol. The number of benzene rings is 1. The average Bonchev–Trinajstić information content (AvgIpc) is 2.27. The van der Waals surface area contributed by atoms with E-state index in [4.69, 9.17) is 40.5 Å². The van der Waals surface area contributed by atoms with Crippen LogP contribution in [0.5, 0.6) is 0 Å². The topological polar surface area (TPSA) is 38.4 Å². The summed E-state index contributed by atoms with van der Waals surface area (Å²) in [5.41, 5.74) is 7.53. The van der Waals surface area contributed by atoms with Gasteiger partial charge in [0.2, 0.25) is 3.79 Å². The van der Waals surface area contributed by atoms with E-state index in [9.17, 15) is 0 Å². The Bertz CT molecular complexity index is 445. The van der Waals surface area contributed by atoms with Crippen LogP contribution in [0.15, 0.2) is 47.1 Å². The van der Waals surface area contributed by atoms with Gasteiger partial charge in [0.15, 0.2) is 0 Å². The first-order chi connectivity index (χ1) is 8.30. The first-order valence-corrected chi connectivity index (χ1v) is 6.61. The fourth-order valence-corrected chi connectivity index (χ4v) is 1.48. The molecule has 0 saturated heterocycles. The van der Waals surface area contributed by atoms with Crippen LogP contribution in [0.3, 0.4) is 0 Å². The molecular weight excluding hydrogens is 291 g/mol. The van der Waals surface area contributed by atoms with Crippen molar-refractivity contribution in [2.45, 2.75) is 23.7 Å². The standard InChI is InChI=1S/C13H15Cl3N2/c1-9(2)18-11(8-12(17)13(14,15)16)10-6-4-3-5-7-10/h3-9H,17H2,1-2H3. The summed E-state index contributed by atoms with van der Waals surface area (Å²) in [6.07, 6.45) is 1.60. The van der Waals surface area contributed by atoms with E-state index >= 15 is 0 Å². The number of rotatable bonds is 3. The number of nitrogens with zero attached hydrogens (tertiary/aromatic N) is 1. The highest BCUT2D eigenvalue weighted by molar-refractivity contribution is 6.69. The van der Waals surface area contributed by atoms with Crippen LogP contribution >= 0.6 is 34.8 Å². The summed E-state index contributed by atoms with van der Waals surface area (Å²) in [5, 5.41) is 0. The molecule has 0 aromatic heterocycles. The predicted octanol–water partition coefficient (Wildman–Crippen LogP) is 4.10. The van der Waals surface area contributed by atoms with E-state index in [1.807, 2.05) is 44.2 Å². The summed E-state index contributed by atoms with van der Waals surface area (Å²) >= 11 is 17.2. The Morgan fingerprint density at radius 3 is 2.22 bits per heavy atom. The Labute approximate surface area is 122 Å². The van der Waals surface area contributed by atoms with E-state index in [0.29, 0.717) is 5.71 Å². The van der Waals surface area contributed by atoms with Crippen LogP contribution < -0.4 is 5.73 Å². The summed E-state index contributed by atoms with van der Waals surface area (Å²) < 4.78 is -1.62. The largest absolute Gasteiger partial charge is 0.398 e. The molecule has 0 aliphatic carbocycles. The van der Waals surface area contributed by atoms with E-state index in [1.54, 1.807) is 6.08 Å². The van der Waals surface area contributed by atoms with Crippen molar-refractivity contribution in [1.29, 1.82) is 0 Å². The molecule has 98 valence electrons. The molecule has 2 nitrogen and oxygen atoms in total. The van der Waals surface area contributed by atoms with Crippen molar-refractivity contribution in [2.24, 2.45) is 10.7 Å². The van der Waals surface area contributed by atoms with Gasteiger partial charge in [0.1, 0.15) is 0 Å². The molecule has 0 radical (unpaired) electrons. The molecule has 0 aliphatic heterocycles. The third-order valence-corrected chi connectivity index (χ3v) is 2.74. The Morgan fingerprint density at radius 2 is 1.78 bits per heavy atom. The van der Waals surface area contributed by atoms with Crippen molar-refractivity contribution in [3.05, 3.63) is 47.7 Å². The second-order valence-electron chi connectivity index (χ2n) is 4.07. The lowest BCUT2D eigenvalue weighted by Gasteiger charge is -2.12. The molecule has 1 rings (SSSR count). The summed E-state index contributed by atoms with van der Waals surface area (Å²) in [7, 11) is 0. The first-order valence-electron chi connectivity index (χ1n) is 5.48. The number of alkyl halides is 3. The van der Waals surface area contributed by atoms with Crippen LogP contribution in [0.25, 0.3) is 0 Å². The number of hydrogen-bond donors (Lipinski definition) is 1. The van der Waals surface area contributed by atoms with Crippen molar-refractivity contribution >= 4 is 40.5 Å². The van der Waals surface area contributed by atoms with Gasteiger partial charge in [-0.15, -0.1) is 0 Å². The van der Waals surface area contributed by atoms with Crippen molar-refractivity contribution in [3.63, 3.8) is 0 Å². The molecule has 5 heteroatoms. The molecule has 1 aromatic carbocycles. The molecule has 2 N–H and O–H groups in total. The fourth-order valence-electron chi connectivity index (χ4n) is 1.31. The maximum atomic E-state index is 5.75. The Balaban J connectivity index is 3.18. The summed E-state index contributed by atoms with van der Waals surface area (Å²) in [4.78, 5) is 4.49. The van der Waals surface area contributed by atoms with Gasteiger partial charge in [-0.05, 0) is 25.5 Å². The van der Waals surface area contributed by atoms with E-state index in [2.05, 4.69) is 4.99 Å². The van der Waals surface area contributed by atoms with E-state index in [0.717, 1.165) is 5.56 Å². The number of halogens is 3. The van der Waals surface area contributed by atoms with Gasteiger partial charge in [-0.25, -0.2) is 0 Å². The van der Waals surface area contributed by atoms with Gasteiger partial charge < -0.3 is 5.73 Å². The minimum atomic E-state index is -1.62. The van der Waals surface area contributed by atoms with Gasteiger partial charge in [-0.3, -0.25) is 4.99 Å². The third-order valence-electron chi connectivity index (χ3n) is 2.09. The number of nitrogens with two attached hydrogens (primary N) is 1. The molecule has 18 heavy (non-hydrogen) atoms. The second-order valence-corrected chi connectivity index (χ2v) is 6.35. The zero-order valence-electron chi connectivity index (χ0n) is 10.2. The van der Waals surface area contributed by atoms with E-state index in [1.165, 1.54) is 0 Å². The quantitative estimate of drug-likeness (QED) is 0.663. The highest BCUT2D eigenvalue weighted by Gasteiger charge is 2.23. The fraction of sp³-hybridized carbons (Fsp3) is 0.308. The molecule has 1 aromatic rings. The molecule has 0 aliphatic rings. The van der Waals surface area contributed by atoms with Gasteiger partial charge in [0, 0.05) is 6.04 Å². The van der Waals surface area contributed by atoms with Gasteiger partial charge in [0.05, 0.1) is 11.4 Å². The second kappa shape index (κ2) is 6.46. The molecule has 0 fully saturated rings. The summed E-state index contributed by atoms with van der Waals surface area (Å²) in [5.74, 6) is 0. The van der Waals surface area contributed by atoms with Crippen LogP contribution in [0.2, 0.25) is 0 Å². The van der Waals surface area contributed by atoms with Crippen LogP contribution in [0.4, 0.5) is 0 Å². The Kier molecular flexibility index (Phi) is 5.51. The minimum absolute atomic E-state index is 0.125. The lowest BCUT2D eigenvalue weighted by molar-refractivity contribution is 0.837. The molecule has 0 bridgehead atoms. The summed E-state index contributed by atoms with van der Waals surface area (Å²) in [6, 6.07) is 9.76. The number of aliphatic imine (C=N–C) groups is 1. The van der Waals surface area contributed by atoms with Crippen molar-refractivity contribution < 1.29 is 0 Å². The highest BCUT2D eigenvalue weighted by atomic mass is 35.6. The van der Waals surface area contributed by atoms with E-state index in [-0.39, 0.29) is 11.7 Å². The van der Waals surface area contributed by atoms with Gasteiger partial charge in [-0.2, -0.15) is 0 Å². The minimum Gasteiger partial charge on any atom is -0.398 e. The zero-order valence-corrected chi connectivity index (χ0v) is 12.5. The lowest BCUT2D eigenvalue weighted by atomic mass is 10.1. The molecule has 0 amide bonds. The van der Waals surface area contributed by atoms with Crippen LogP contribution in [-0.4, -0.2) is 15.5 Å². The molecule has 0 heterocycles. The lowest BCUT2D eigenvalue weighted by Crippen LogP contribution is -2.18. The Morgan fingerprint density at radius 1 is 1.22 bits per heavy atom. The molecular formula is C13H15Cl3N2. The number of allylic oxidation sites excluding steroid dienone is 2.